The van der Waals surface area contributed by atoms with E-state index in [-0.39, 0.29) is 17.9 Å². The number of carbonyl (C=O) groups is 1. The summed E-state index contributed by atoms with van der Waals surface area (Å²) in [6.45, 7) is 0.248. The van der Waals surface area contributed by atoms with Crippen molar-refractivity contribution in [3.05, 3.63) is 82.8 Å². The van der Waals surface area contributed by atoms with Crippen LogP contribution in [0.15, 0.2) is 76.2 Å². The molecule has 27 heavy (non-hydrogen) atoms. The number of carbonyl (C=O) groups excluding carboxylic acids is 1. The van der Waals surface area contributed by atoms with E-state index in [1.165, 1.54) is 0 Å². The lowest BCUT2D eigenvalue weighted by atomic mass is 10.1. The molecule has 6 heteroatoms. The van der Waals surface area contributed by atoms with Crippen molar-refractivity contribution in [2.75, 3.05) is 6.61 Å². The molecule has 0 aliphatic carbocycles. The van der Waals surface area contributed by atoms with E-state index in [1.54, 1.807) is 48.8 Å². The summed E-state index contributed by atoms with van der Waals surface area (Å²) in [4.78, 5) is 28.5. The fraction of sp³-hybridized carbons (Fsp3) is 0.0952. The van der Waals surface area contributed by atoms with Crippen molar-refractivity contribution in [2.24, 2.45) is 0 Å². The van der Waals surface area contributed by atoms with Gasteiger partial charge in [0.25, 0.3) is 5.91 Å². The van der Waals surface area contributed by atoms with Crippen LogP contribution >= 0.6 is 0 Å². The van der Waals surface area contributed by atoms with Crippen molar-refractivity contribution < 1.29 is 13.9 Å². The molecule has 2 aromatic carbocycles. The SMILES string of the molecule is O=C(COc1ccc2c(=O)c3ccccc3oc2c1)NCc1cccnc1. The van der Waals surface area contributed by atoms with Crippen LogP contribution in [0.1, 0.15) is 5.56 Å². The third kappa shape index (κ3) is 3.64. The van der Waals surface area contributed by atoms with Crippen molar-refractivity contribution in [1.82, 2.24) is 10.3 Å². The number of nitrogens with zero attached hydrogens (tertiary/aromatic N) is 1. The van der Waals surface area contributed by atoms with Gasteiger partial charge in [-0.25, -0.2) is 0 Å². The first-order valence-corrected chi connectivity index (χ1v) is 8.45. The summed E-state index contributed by atoms with van der Waals surface area (Å²) in [7, 11) is 0. The zero-order chi connectivity index (χ0) is 18.6. The number of fused-ring (bicyclic) bond motifs is 2. The Kier molecular flexibility index (Phi) is 4.53. The van der Waals surface area contributed by atoms with Crippen LogP contribution in [0.5, 0.6) is 5.75 Å². The van der Waals surface area contributed by atoms with Gasteiger partial charge >= 0.3 is 0 Å². The lowest BCUT2D eigenvalue weighted by molar-refractivity contribution is -0.123. The van der Waals surface area contributed by atoms with Crippen LogP contribution in [0, 0.1) is 0 Å². The maximum Gasteiger partial charge on any atom is 0.258 e. The Hall–Kier alpha value is -3.67. The van der Waals surface area contributed by atoms with Gasteiger partial charge in [-0.3, -0.25) is 14.6 Å². The van der Waals surface area contributed by atoms with Crippen LogP contribution in [0.25, 0.3) is 21.9 Å². The summed E-state index contributed by atoms with van der Waals surface area (Å²) in [6, 6.07) is 15.7. The Bertz CT molecular complexity index is 1170. The second-order valence-electron chi connectivity index (χ2n) is 6.01. The minimum absolute atomic E-state index is 0.0902. The molecule has 0 radical (unpaired) electrons. The smallest absolute Gasteiger partial charge is 0.258 e. The van der Waals surface area contributed by atoms with Gasteiger partial charge in [0.15, 0.2) is 6.61 Å². The van der Waals surface area contributed by atoms with E-state index in [0.29, 0.717) is 34.2 Å². The van der Waals surface area contributed by atoms with Gasteiger partial charge in [0.2, 0.25) is 5.43 Å². The number of rotatable bonds is 5. The van der Waals surface area contributed by atoms with Gasteiger partial charge < -0.3 is 14.5 Å². The van der Waals surface area contributed by atoms with Crippen molar-refractivity contribution in [3.63, 3.8) is 0 Å². The van der Waals surface area contributed by atoms with Crippen molar-refractivity contribution in [2.45, 2.75) is 6.54 Å². The minimum Gasteiger partial charge on any atom is -0.484 e. The zero-order valence-corrected chi connectivity index (χ0v) is 14.3. The highest BCUT2D eigenvalue weighted by molar-refractivity contribution is 5.90. The molecule has 0 bridgehead atoms. The number of hydrogen-bond acceptors (Lipinski definition) is 5. The molecule has 134 valence electrons. The van der Waals surface area contributed by atoms with Crippen LogP contribution in [-0.4, -0.2) is 17.5 Å². The molecule has 0 fully saturated rings. The average molecular weight is 360 g/mol. The molecule has 0 aliphatic heterocycles. The molecule has 1 amide bonds. The number of amides is 1. The third-order valence-corrected chi connectivity index (χ3v) is 4.13. The van der Waals surface area contributed by atoms with E-state index in [9.17, 15) is 9.59 Å². The quantitative estimate of drug-likeness (QED) is 0.553. The highest BCUT2D eigenvalue weighted by Crippen LogP contribution is 2.22. The monoisotopic (exact) mass is 360 g/mol. The van der Waals surface area contributed by atoms with Crippen LogP contribution in [0.4, 0.5) is 0 Å². The molecule has 0 aliphatic rings. The Balaban J connectivity index is 1.47. The second kappa shape index (κ2) is 7.29. The number of para-hydroxylation sites is 1. The summed E-state index contributed by atoms with van der Waals surface area (Å²) < 4.78 is 11.3. The van der Waals surface area contributed by atoms with E-state index in [0.717, 1.165) is 5.56 Å². The van der Waals surface area contributed by atoms with E-state index < -0.39 is 0 Å². The summed E-state index contributed by atoms with van der Waals surface area (Å²) in [6.07, 6.45) is 3.37. The highest BCUT2D eigenvalue weighted by Gasteiger charge is 2.09. The topological polar surface area (TPSA) is 81.4 Å². The standard InChI is InChI=1S/C21H16N2O4/c24-20(23-12-14-4-3-9-22-11-14)13-26-15-7-8-17-19(10-15)27-18-6-2-1-5-16(18)21(17)25/h1-11H,12-13H2,(H,23,24). The first-order chi connectivity index (χ1) is 13.2. The van der Waals surface area contributed by atoms with Crippen molar-refractivity contribution >= 4 is 27.8 Å². The summed E-state index contributed by atoms with van der Waals surface area (Å²) in [5.74, 6) is 0.205. The predicted octanol–water partition coefficient (Wildman–Crippen LogP) is 3.04. The molecule has 6 nitrogen and oxygen atoms in total. The molecule has 2 heterocycles. The molecule has 1 N–H and O–H groups in total. The number of nitrogens with one attached hydrogen (secondary N) is 1. The van der Waals surface area contributed by atoms with Gasteiger partial charge in [0, 0.05) is 25.0 Å². The maximum absolute atomic E-state index is 12.5. The van der Waals surface area contributed by atoms with Gasteiger partial charge in [-0.15, -0.1) is 0 Å². The van der Waals surface area contributed by atoms with Crippen LogP contribution < -0.4 is 15.5 Å². The van der Waals surface area contributed by atoms with E-state index in [1.807, 2.05) is 18.2 Å². The Morgan fingerprint density at radius 1 is 1.04 bits per heavy atom. The van der Waals surface area contributed by atoms with E-state index >= 15 is 0 Å². The molecule has 0 atom stereocenters. The van der Waals surface area contributed by atoms with E-state index in [2.05, 4.69) is 10.3 Å². The summed E-state index contributed by atoms with van der Waals surface area (Å²) in [5, 5.41) is 3.77. The molecule has 2 aromatic heterocycles. The van der Waals surface area contributed by atoms with Crippen molar-refractivity contribution in [1.29, 1.82) is 0 Å². The van der Waals surface area contributed by atoms with Gasteiger partial charge in [-0.05, 0) is 35.9 Å². The highest BCUT2D eigenvalue weighted by atomic mass is 16.5. The third-order valence-electron chi connectivity index (χ3n) is 4.13. The van der Waals surface area contributed by atoms with Gasteiger partial charge in [-0.2, -0.15) is 0 Å². The minimum atomic E-state index is -0.251. The molecule has 4 aromatic rings. The molecule has 0 saturated heterocycles. The van der Waals surface area contributed by atoms with Crippen LogP contribution in [0.3, 0.4) is 0 Å². The van der Waals surface area contributed by atoms with Gasteiger partial charge in [0.05, 0.1) is 10.8 Å². The Morgan fingerprint density at radius 2 is 1.89 bits per heavy atom. The lowest BCUT2D eigenvalue weighted by Gasteiger charge is -2.08. The number of ether oxygens (including phenoxy) is 1. The van der Waals surface area contributed by atoms with E-state index in [4.69, 9.17) is 9.15 Å². The fourth-order valence-electron chi connectivity index (χ4n) is 2.77. The van der Waals surface area contributed by atoms with Crippen LogP contribution in [0.2, 0.25) is 0 Å². The normalized spacial score (nSPS) is 10.8. The molecular formula is C21H16N2O4. The largest absolute Gasteiger partial charge is 0.484 e. The summed E-state index contributed by atoms with van der Waals surface area (Å²) >= 11 is 0. The first-order valence-electron chi connectivity index (χ1n) is 8.45. The van der Waals surface area contributed by atoms with Crippen LogP contribution in [-0.2, 0) is 11.3 Å². The fourth-order valence-corrected chi connectivity index (χ4v) is 2.77. The molecular weight excluding hydrogens is 344 g/mol. The predicted molar refractivity (Wildman–Crippen MR) is 102 cm³/mol. The number of pyridine rings is 1. The molecule has 0 saturated carbocycles. The Morgan fingerprint density at radius 3 is 2.74 bits per heavy atom. The number of benzene rings is 2. The lowest BCUT2D eigenvalue weighted by Crippen LogP contribution is -2.28. The maximum atomic E-state index is 12.5. The molecule has 0 spiro atoms. The summed E-state index contributed by atoms with van der Waals surface area (Å²) in [5.41, 5.74) is 1.76. The van der Waals surface area contributed by atoms with Gasteiger partial charge in [0.1, 0.15) is 16.9 Å². The van der Waals surface area contributed by atoms with Crippen molar-refractivity contribution in [3.8, 4) is 5.75 Å². The molecule has 4 rings (SSSR count). The Labute approximate surface area is 154 Å². The first kappa shape index (κ1) is 16.8. The second-order valence-corrected chi connectivity index (χ2v) is 6.01. The zero-order valence-electron chi connectivity index (χ0n) is 14.3. The molecule has 0 unspecified atom stereocenters. The van der Waals surface area contributed by atoms with Gasteiger partial charge in [-0.1, -0.05) is 18.2 Å². The average Bonchev–Trinajstić information content (AvgIpc) is 2.71. The number of hydrogen-bond donors (Lipinski definition) is 1. The number of aromatic nitrogens is 1.